The molecule has 1 unspecified atom stereocenters. The summed E-state index contributed by atoms with van der Waals surface area (Å²) in [5.74, 6) is -2.08. The number of carboxylic acids is 2. The molecule has 0 amide bonds. The third-order valence-corrected chi connectivity index (χ3v) is 1.08. The van der Waals surface area contributed by atoms with Gasteiger partial charge in [0.15, 0.2) is 0 Å². The van der Waals surface area contributed by atoms with E-state index in [0.717, 1.165) is 0 Å². The van der Waals surface area contributed by atoms with E-state index in [1.807, 2.05) is 0 Å². The van der Waals surface area contributed by atoms with Gasteiger partial charge in [0.25, 0.3) is 0 Å². The summed E-state index contributed by atoms with van der Waals surface area (Å²) >= 11 is 0. The van der Waals surface area contributed by atoms with Crippen LogP contribution in [-0.4, -0.2) is 64.7 Å². The number of nitrogens with two attached hydrogens (primary N) is 1. The lowest BCUT2D eigenvalue weighted by molar-refractivity contribution is -0.139. The number of aliphatic carboxylic acids is 2. The molecule has 0 fully saturated rings. The molecule has 8 heteroatoms. The Bertz CT molecular complexity index is 186. The van der Waals surface area contributed by atoms with Crippen molar-refractivity contribution in [1.82, 2.24) is 5.32 Å². The van der Waals surface area contributed by atoms with Crippen molar-refractivity contribution in [3.05, 3.63) is 0 Å². The second-order valence-corrected chi connectivity index (χ2v) is 2.42. The number of aliphatic hydroxyl groups is 2. The number of carboxylic acid groups (broad SMARTS) is 2. The van der Waals surface area contributed by atoms with Crippen LogP contribution in [-0.2, 0) is 9.59 Å². The van der Waals surface area contributed by atoms with Crippen LogP contribution in [0.4, 0.5) is 0 Å². The SMILES string of the molecule is NC(CO)C(=O)O.O=C(O)CNCCO. The first-order chi connectivity index (χ1) is 6.95. The van der Waals surface area contributed by atoms with Crippen LogP contribution in [0.5, 0.6) is 0 Å². The van der Waals surface area contributed by atoms with Crippen molar-refractivity contribution in [3.63, 3.8) is 0 Å². The lowest BCUT2D eigenvalue weighted by atomic mass is 10.3. The Morgan fingerprint density at radius 1 is 1.27 bits per heavy atom. The van der Waals surface area contributed by atoms with Crippen LogP contribution in [0.2, 0.25) is 0 Å². The fourth-order valence-electron chi connectivity index (χ4n) is 0.352. The van der Waals surface area contributed by atoms with E-state index < -0.39 is 24.6 Å². The molecule has 0 radical (unpaired) electrons. The summed E-state index contributed by atoms with van der Waals surface area (Å²) in [5, 5.41) is 34.5. The van der Waals surface area contributed by atoms with Gasteiger partial charge < -0.3 is 31.5 Å². The molecule has 15 heavy (non-hydrogen) atoms. The highest BCUT2D eigenvalue weighted by Crippen LogP contribution is 1.71. The predicted molar refractivity (Wildman–Crippen MR) is 50.3 cm³/mol. The summed E-state index contributed by atoms with van der Waals surface area (Å²) in [6.07, 6.45) is 0. The molecule has 0 aliphatic heterocycles. The number of aliphatic hydroxyl groups excluding tert-OH is 2. The molecule has 1 atom stereocenters. The minimum Gasteiger partial charge on any atom is -0.480 e. The first-order valence-electron chi connectivity index (χ1n) is 4.08. The van der Waals surface area contributed by atoms with Crippen molar-refractivity contribution < 1.29 is 30.0 Å². The van der Waals surface area contributed by atoms with Gasteiger partial charge in [-0.1, -0.05) is 0 Å². The van der Waals surface area contributed by atoms with Gasteiger partial charge in [0.2, 0.25) is 0 Å². The monoisotopic (exact) mass is 224 g/mol. The van der Waals surface area contributed by atoms with Crippen molar-refractivity contribution in [1.29, 1.82) is 0 Å². The third kappa shape index (κ3) is 15.5. The van der Waals surface area contributed by atoms with Gasteiger partial charge in [-0.25, -0.2) is 0 Å². The highest BCUT2D eigenvalue weighted by atomic mass is 16.4. The number of rotatable bonds is 6. The van der Waals surface area contributed by atoms with Gasteiger partial charge >= 0.3 is 11.9 Å². The normalized spacial score (nSPS) is 11.1. The maximum absolute atomic E-state index is 9.73. The van der Waals surface area contributed by atoms with Crippen molar-refractivity contribution in [2.75, 3.05) is 26.3 Å². The van der Waals surface area contributed by atoms with Gasteiger partial charge in [-0.15, -0.1) is 0 Å². The maximum atomic E-state index is 9.73. The molecule has 0 rings (SSSR count). The molecule has 90 valence electrons. The topological polar surface area (TPSA) is 153 Å². The quantitative estimate of drug-likeness (QED) is 0.262. The molecule has 7 N–H and O–H groups in total. The van der Waals surface area contributed by atoms with Crippen LogP contribution < -0.4 is 11.1 Å². The van der Waals surface area contributed by atoms with Gasteiger partial charge in [0.1, 0.15) is 6.04 Å². The summed E-state index contributed by atoms with van der Waals surface area (Å²) in [4.78, 5) is 19.4. The molecule has 8 nitrogen and oxygen atoms in total. The molecular weight excluding hydrogens is 208 g/mol. The molecule has 0 heterocycles. The summed E-state index contributed by atoms with van der Waals surface area (Å²) in [7, 11) is 0. The summed E-state index contributed by atoms with van der Waals surface area (Å²) < 4.78 is 0. The van der Waals surface area contributed by atoms with Crippen LogP contribution >= 0.6 is 0 Å². The lowest BCUT2D eigenvalue weighted by Crippen LogP contribution is -2.33. The second-order valence-electron chi connectivity index (χ2n) is 2.42. The van der Waals surface area contributed by atoms with Crippen molar-refractivity contribution in [2.45, 2.75) is 6.04 Å². The Balaban J connectivity index is 0. The van der Waals surface area contributed by atoms with Crippen LogP contribution in [0.25, 0.3) is 0 Å². The Morgan fingerprint density at radius 3 is 2.00 bits per heavy atom. The van der Waals surface area contributed by atoms with E-state index >= 15 is 0 Å². The van der Waals surface area contributed by atoms with Crippen LogP contribution in [0, 0.1) is 0 Å². The molecule has 0 spiro atoms. The molecule has 0 saturated carbocycles. The highest BCUT2D eigenvalue weighted by Gasteiger charge is 2.06. The molecule has 0 aliphatic rings. The Morgan fingerprint density at radius 2 is 1.80 bits per heavy atom. The number of hydrogen-bond acceptors (Lipinski definition) is 6. The summed E-state index contributed by atoms with van der Waals surface area (Å²) in [6.45, 7) is -0.268. The minimum atomic E-state index is -1.18. The van der Waals surface area contributed by atoms with E-state index in [-0.39, 0.29) is 13.2 Å². The van der Waals surface area contributed by atoms with Crippen molar-refractivity contribution >= 4 is 11.9 Å². The summed E-state index contributed by atoms with van der Waals surface area (Å²) in [6, 6.07) is -1.13. The van der Waals surface area contributed by atoms with Crippen molar-refractivity contribution in [3.8, 4) is 0 Å². The molecular formula is C7H16N2O6. The second kappa shape index (κ2) is 10.9. The molecule has 0 aromatic heterocycles. The molecule has 0 aromatic rings. The predicted octanol–water partition coefficient (Wildman–Crippen LogP) is -2.96. The van der Waals surface area contributed by atoms with E-state index in [0.29, 0.717) is 6.54 Å². The van der Waals surface area contributed by atoms with Gasteiger partial charge in [0, 0.05) is 6.54 Å². The fraction of sp³-hybridized carbons (Fsp3) is 0.714. The first kappa shape index (κ1) is 16.2. The molecule has 0 saturated heterocycles. The zero-order valence-corrected chi connectivity index (χ0v) is 8.09. The minimum absolute atomic E-state index is 0.0206. The molecule has 0 aromatic carbocycles. The Labute approximate surface area is 86.3 Å². The zero-order chi connectivity index (χ0) is 12.3. The van der Waals surface area contributed by atoms with E-state index in [4.69, 9.17) is 26.2 Å². The van der Waals surface area contributed by atoms with Gasteiger partial charge in [0.05, 0.1) is 19.8 Å². The Kier molecular flexibility index (Phi) is 11.7. The third-order valence-electron chi connectivity index (χ3n) is 1.08. The standard InChI is InChI=1S/C4H9NO3.C3H7NO3/c6-2-1-5-3-4(7)8;4-2(1-5)3(6)7/h5-6H,1-3H2,(H,7,8);2,5H,1,4H2,(H,6,7). The Hall–Kier alpha value is -1.22. The van der Waals surface area contributed by atoms with E-state index in [2.05, 4.69) is 5.32 Å². The largest absolute Gasteiger partial charge is 0.480 e. The molecule has 0 aliphatic carbocycles. The first-order valence-corrected chi connectivity index (χ1v) is 4.08. The van der Waals surface area contributed by atoms with E-state index in [9.17, 15) is 9.59 Å². The van der Waals surface area contributed by atoms with Crippen LogP contribution in [0.15, 0.2) is 0 Å². The maximum Gasteiger partial charge on any atom is 0.322 e. The zero-order valence-electron chi connectivity index (χ0n) is 8.09. The van der Waals surface area contributed by atoms with Crippen molar-refractivity contribution in [2.24, 2.45) is 5.73 Å². The van der Waals surface area contributed by atoms with Gasteiger partial charge in [-0.3, -0.25) is 9.59 Å². The number of hydrogen-bond donors (Lipinski definition) is 6. The number of nitrogens with one attached hydrogen (secondary N) is 1. The number of carbonyl (C=O) groups is 2. The average Bonchev–Trinajstić information content (AvgIpc) is 2.17. The van der Waals surface area contributed by atoms with Crippen LogP contribution in [0.1, 0.15) is 0 Å². The van der Waals surface area contributed by atoms with E-state index in [1.165, 1.54) is 0 Å². The van der Waals surface area contributed by atoms with E-state index in [1.54, 1.807) is 0 Å². The lowest BCUT2D eigenvalue weighted by Gasteiger charge is -1.96. The van der Waals surface area contributed by atoms with Crippen LogP contribution in [0.3, 0.4) is 0 Å². The molecule has 0 bridgehead atoms. The smallest absolute Gasteiger partial charge is 0.322 e. The highest BCUT2D eigenvalue weighted by molar-refractivity contribution is 5.73. The van der Waals surface area contributed by atoms with Gasteiger partial charge in [-0.05, 0) is 0 Å². The average molecular weight is 224 g/mol. The van der Waals surface area contributed by atoms with Gasteiger partial charge in [-0.2, -0.15) is 0 Å². The summed E-state index contributed by atoms with van der Waals surface area (Å²) in [5.41, 5.74) is 4.77. The fourth-order valence-corrected chi connectivity index (χ4v) is 0.352.